The Morgan fingerprint density at radius 1 is 1.43 bits per heavy atom. The summed E-state index contributed by atoms with van der Waals surface area (Å²) in [5.74, 6) is 0.390. The van der Waals surface area contributed by atoms with Crippen molar-refractivity contribution >= 4 is 0 Å². The predicted octanol–water partition coefficient (Wildman–Crippen LogP) is 3.38. The Labute approximate surface area is 86.1 Å². The minimum absolute atomic E-state index is 0.390. The molecule has 0 aliphatic rings. The number of phenols is 1. The van der Waals surface area contributed by atoms with Crippen LogP contribution >= 0.6 is 0 Å². The molecule has 1 aromatic carbocycles. The van der Waals surface area contributed by atoms with Crippen molar-refractivity contribution in [3.63, 3.8) is 0 Å². The molecule has 1 rings (SSSR count). The Morgan fingerprint density at radius 3 is 2.71 bits per heavy atom. The van der Waals surface area contributed by atoms with Crippen LogP contribution in [0.3, 0.4) is 0 Å². The zero-order valence-corrected chi connectivity index (χ0v) is 9.01. The molecule has 1 N–H and O–H groups in total. The Bertz CT molecular complexity index is 326. The number of hydrogen-bond acceptors (Lipinski definition) is 1. The number of aryl methyl sites for hydroxylation is 1. The molecule has 0 fully saturated rings. The maximum Gasteiger partial charge on any atom is 0.118 e. The van der Waals surface area contributed by atoms with Crippen LogP contribution < -0.4 is 0 Å². The number of hydrogen-bond donors (Lipinski definition) is 1. The number of aromatic hydroxyl groups is 1. The summed E-state index contributed by atoms with van der Waals surface area (Å²) in [4.78, 5) is 0. The van der Waals surface area contributed by atoms with Gasteiger partial charge in [-0.15, -0.1) is 6.58 Å². The molecule has 0 aliphatic carbocycles. The van der Waals surface area contributed by atoms with E-state index in [1.807, 2.05) is 19.1 Å². The first kappa shape index (κ1) is 10.8. The number of allylic oxidation sites excluding steroid dienone is 1. The second-order valence-corrected chi connectivity index (χ2v) is 3.59. The minimum Gasteiger partial charge on any atom is -0.508 e. The highest BCUT2D eigenvalue weighted by molar-refractivity contribution is 5.44. The van der Waals surface area contributed by atoms with E-state index >= 15 is 0 Å². The fourth-order valence-corrected chi connectivity index (χ4v) is 1.73. The van der Waals surface area contributed by atoms with Crippen molar-refractivity contribution in [2.75, 3.05) is 0 Å². The van der Waals surface area contributed by atoms with Crippen LogP contribution in [-0.2, 0) is 12.8 Å². The molecule has 0 aromatic heterocycles. The number of phenolic OH excluding ortho intramolecular Hbond substituents is 1. The normalized spacial score (nSPS) is 10.1. The Kier molecular flexibility index (Phi) is 3.75. The monoisotopic (exact) mass is 190 g/mol. The first-order valence-corrected chi connectivity index (χ1v) is 5.12. The Hall–Kier alpha value is -1.24. The largest absolute Gasteiger partial charge is 0.508 e. The van der Waals surface area contributed by atoms with Crippen molar-refractivity contribution < 1.29 is 5.11 Å². The van der Waals surface area contributed by atoms with Gasteiger partial charge in [0.05, 0.1) is 0 Å². The second-order valence-electron chi connectivity index (χ2n) is 3.59. The Balaban J connectivity index is 3.14. The van der Waals surface area contributed by atoms with Gasteiger partial charge in [-0.3, -0.25) is 0 Å². The fraction of sp³-hybridized carbons (Fsp3) is 0.385. The molecule has 1 aromatic rings. The van der Waals surface area contributed by atoms with Crippen LogP contribution in [0.25, 0.3) is 0 Å². The third-order valence-electron chi connectivity index (χ3n) is 2.53. The van der Waals surface area contributed by atoms with Gasteiger partial charge in [-0.1, -0.05) is 25.5 Å². The topological polar surface area (TPSA) is 20.2 Å². The zero-order chi connectivity index (χ0) is 10.6. The second kappa shape index (κ2) is 4.85. The lowest BCUT2D eigenvalue weighted by atomic mass is 9.95. The maximum absolute atomic E-state index is 9.59. The van der Waals surface area contributed by atoms with Crippen LogP contribution in [0.5, 0.6) is 5.75 Å². The molecule has 0 atom stereocenters. The molecule has 0 saturated heterocycles. The van der Waals surface area contributed by atoms with Gasteiger partial charge in [0.15, 0.2) is 0 Å². The van der Waals surface area contributed by atoms with E-state index in [0.29, 0.717) is 5.75 Å². The van der Waals surface area contributed by atoms with Crippen LogP contribution in [0.1, 0.15) is 30.0 Å². The van der Waals surface area contributed by atoms with Crippen LogP contribution in [0.2, 0.25) is 0 Å². The first-order chi connectivity index (χ1) is 6.70. The van der Waals surface area contributed by atoms with Crippen LogP contribution in [-0.4, -0.2) is 5.11 Å². The molecule has 0 saturated carbocycles. The van der Waals surface area contributed by atoms with E-state index in [1.54, 1.807) is 6.07 Å². The quantitative estimate of drug-likeness (QED) is 0.722. The summed E-state index contributed by atoms with van der Waals surface area (Å²) in [7, 11) is 0. The molecule has 0 heterocycles. The first-order valence-electron chi connectivity index (χ1n) is 5.12. The van der Waals surface area contributed by atoms with E-state index in [2.05, 4.69) is 13.5 Å². The molecule has 0 aliphatic heterocycles. The molecule has 76 valence electrons. The van der Waals surface area contributed by atoms with Gasteiger partial charge in [-0.2, -0.15) is 0 Å². The predicted molar refractivity (Wildman–Crippen MR) is 60.7 cm³/mol. The van der Waals surface area contributed by atoms with Crippen LogP contribution in [0.15, 0.2) is 24.8 Å². The van der Waals surface area contributed by atoms with Gasteiger partial charge in [0.1, 0.15) is 5.75 Å². The van der Waals surface area contributed by atoms with Gasteiger partial charge >= 0.3 is 0 Å². The molecule has 0 bridgehead atoms. The lowest BCUT2D eigenvalue weighted by molar-refractivity contribution is 0.470. The summed E-state index contributed by atoms with van der Waals surface area (Å²) < 4.78 is 0. The lowest BCUT2D eigenvalue weighted by Gasteiger charge is -2.11. The maximum atomic E-state index is 9.59. The molecule has 0 spiro atoms. The number of benzene rings is 1. The molecule has 1 heteroatoms. The third-order valence-corrected chi connectivity index (χ3v) is 2.53. The molecule has 1 nitrogen and oxygen atoms in total. The molecule has 0 unspecified atom stereocenters. The highest BCUT2D eigenvalue weighted by Gasteiger charge is 2.07. The van der Waals surface area contributed by atoms with E-state index in [-0.39, 0.29) is 0 Å². The molecule has 0 radical (unpaired) electrons. The molecular weight excluding hydrogens is 172 g/mol. The summed E-state index contributed by atoms with van der Waals surface area (Å²) in [6.07, 6.45) is 4.94. The SMILES string of the molecule is C=CCc1c(CCC)ccc(O)c1C. The summed E-state index contributed by atoms with van der Waals surface area (Å²) >= 11 is 0. The lowest BCUT2D eigenvalue weighted by Crippen LogP contribution is -1.96. The zero-order valence-electron chi connectivity index (χ0n) is 9.01. The smallest absolute Gasteiger partial charge is 0.118 e. The standard InChI is InChI=1S/C13H18O/c1-4-6-11-8-9-13(14)10(3)12(11)7-5-2/h5,8-9,14H,2,4,6-7H2,1,3H3. The van der Waals surface area contributed by atoms with E-state index in [1.165, 1.54) is 11.1 Å². The fourth-order valence-electron chi connectivity index (χ4n) is 1.73. The summed E-state index contributed by atoms with van der Waals surface area (Å²) in [6.45, 7) is 7.88. The van der Waals surface area contributed by atoms with Gasteiger partial charge < -0.3 is 5.11 Å². The minimum atomic E-state index is 0.390. The average Bonchev–Trinajstić information content (AvgIpc) is 2.18. The van der Waals surface area contributed by atoms with Gasteiger partial charge in [0.2, 0.25) is 0 Å². The summed E-state index contributed by atoms with van der Waals surface area (Å²) in [5.41, 5.74) is 3.57. The van der Waals surface area contributed by atoms with Crippen molar-refractivity contribution in [3.8, 4) is 5.75 Å². The third kappa shape index (κ3) is 2.16. The van der Waals surface area contributed by atoms with Crippen molar-refractivity contribution in [1.82, 2.24) is 0 Å². The Morgan fingerprint density at radius 2 is 2.14 bits per heavy atom. The van der Waals surface area contributed by atoms with Gasteiger partial charge in [0.25, 0.3) is 0 Å². The van der Waals surface area contributed by atoms with Gasteiger partial charge in [-0.05, 0) is 42.5 Å². The highest BCUT2D eigenvalue weighted by atomic mass is 16.3. The number of rotatable bonds is 4. The molecule has 0 amide bonds. The van der Waals surface area contributed by atoms with Crippen LogP contribution in [0.4, 0.5) is 0 Å². The van der Waals surface area contributed by atoms with Crippen molar-refractivity contribution in [2.24, 2.45) is 0 Å². The highest BCUT2D eigenvalue weighted by Crippen LogP contribution is 2.25. The van der Waals surface area contributed by atoms with Crippen molar-refractivity contribution in [2.45, 2.75) is 33.1 Å². The molecule has 14 heavy (non-hydrogen) atoms. The van der Waals surface area contributed by atoms with E-state index in [9.17, 15) is 5.11 Å². The van der Waals surface area contributed by atoms with E-state index in [4.69, 9.17) is 0 Å². The van der Waals surface area contributed by atoms with E-state index in [0.717, 1.165) is 24.8 Å². The summed E-state index contributed by atoms with van der Waals surface area (Å²) in [5, 5.41) is 9.59. The molecular formula is C13H18O. The average molecular weight is 190 g/mol. The van der Waals surface area contributed by atoms with Crippen molar-refractivity contribution in [3.05, 3.63) is 41.5 Å². The van der Waals surface area contributed by atoms with Crippen molar-refractivity contribution in [1.29, 1.82) is 0 Å². The summed E-state index contributed by atoms with van der Waals surface area (Å²) in [6, 6.07) is 3.80. The van der Waals surface area contributed by atoms with Gasteiger partial charge in [-0.25, -0.2) is 0 Å². The van der Waals surface area contributed by atoms with Crippen LogP contribution in [0, 0.1) is 6.92 Å². The van der Waals surface area contributed by atoms with E-state index < -0.39 is 0 Å². The van der Waals surface area contributed by atoms with Gasteiger partial charge in [0, 0.05) is 0 Å².